The molecule has 2 amide bonds. The number of hydrogen-bond acceptors (Lipinski definition) is 7. The van der Waals surface area contributed by atoms with Gasteiger partial charge in [0.15, 0.2) is 5.82 Å². The first-order valence-corrected chi connectivity index (χ1v) is 10.6. The summed E-state index contributed by atoms with van der Waals surface area (Å²) >= 11 is 0. The highest BCUT2D eigenvalue weighted by Gasteiger charge is 2.45. The molecule has 1 aliphatic heterocycles. The van der Waals surface area contributed by atoms with Crippen LogP contribution in [0.3, 0.4) is 0 Å². The molecule has 0 fully saturated rings. The van der Waals surface area contributed by atoms with Crippen LogP contribution in [-0.2, 0) is 11.3 Å². The summed E-state index contributed by atoms with van der Waals surface area (Å²) in [5.41, 5.74) is 1.33. The van der Waals surface area contributed by atoms with E-state index in [9.17, 15) is 19.1 Å². The number of carbonyl (C=O) groups excluding carboxylic acids is 2. The van der Waals surface area contributed by atoms with Crippen LogP contribution in [0, 0.1) is 12.7 Å². The lowest BCUT2D eigenvalue weighted by atomic mass is 10.1. The molecule has 0 saturated carbocycles. The van der Waals surface area contributed by atoms with E-state index in [4.69, 9.17) is 0 Å². The van der Waals surface area contributed by atoms with Crippen molar-refractivity contribution in [1.29, 1.82) is 0 Å². The van der Waals surface area contributed by atoms with E-state index in [1.165, 1.54) is 41.0 Å². The molecule has 2 aromatic carbocycles. The average molecular weight is 465 g/mol. The van der Waals surface area contributed by atoms with Gasteiger partial charge in [-0.3, -0.25) is 9.59 Å². The van der Waals surface area contributed by atoms with Gasteiger partial charge in [0.05, 0.1) is 5.69 Å². The lowest BCUT2D eigenvalue weighted by Gasteiger charge is -2.42. The van der Waals surface area contributed by atoms with Gasteiger partial charge in [-0.2, -0.15) is 4.98 Å². The Balaban J connectivity index is 1.44. The van der Waals surface area contributed by atoms with Gasteiger partial charge in [-0.15, -0.1) is 0 Å². The second-order valence-electron chi connectivity index (χ2n) is 8.26. The molecule has 0 unspecified atom stereocenters. The number of halogens is 1. The number of anilines is 4. The zero-order valence-electron chi connectivity index (χ0n) is 19.3. The SMILES string of the molecule is Cc1nc(NCc2ccc(NC(=O)c3ccc(F)cc3)cc2)nc2c1N(C)C(=O)[C@](C)(O)N2C. The van der Waals surface area contributed by atoms with Gasteiger partial charge in [0.2, 0.25) is 11.7 Å². The molecule has 10 heteroatoms. The van der Waals surface area contributed by atoms with Crippen LogP contribution in [0.5, 0.6) is 0 Å². The smallest absolute Gasteiger partial charge is 0.279 e. The molecule has 3 aromatic rings. The Hall–Kier alpha value is -4.05. The van der Waals surface area contributed by atoms with Gasteiger partial charge in [0.25, 0.3) is 11.8 Å². The molecule has 0 spiro atoms. The Morgan fingerprint density at radius 3 is 2.38 bits per heavy atom. The molecule has 1 aliphatic rings. The Kier molecular flexibility index (Phi) is 5.92. The molecule has 1 aromatic heterocycles. The predicted molar refractivity (Wildman–Crippen MR) is 127 cm³/mol. The second-order valence-corrected chi connectivity index (χ2v) is 8.26. The van der Waals surface area contributed by atoms with E-state index in [2.05, 4.69) is 20.6 Å². The minimum Gasteiger partial charge on any atom is -0.363 e. The largest absolute Gasteiger partial charge is 0.363 e. The van der Waals surface area contributed by atoms with Crippen molar-refractivity contribution in [1.82, 2.24) is 9.97 Å². The molecular weight excluding hydrogens is 439 g/mol. The van der Waals surface area contributed by atoms with Crippen molar-refractivity contribution in [3.63, 3.8) is 0 Å². The van der Waals surface area contributed by atoms with Crippen LogP contribution in [0.4, 0.5) is 27.5 Å². The number of nitrogens with one attached hydrogen (secondary N) is 2. The normalized spacial score (nSPS) is 17.4. The number of fused-ring (bicyclic) bond motifs is 1. The quantitative estimate of drug-likeness (QED) is 0.533. The van der Waals surface area contributed by atoms with E-state index in [1.807, 2.05) is 12.1 Å². The maximum Gasteiger partial charge on any atom is 0.279 e. The lowest BCUT2D eigenvalue weighted by molar-refractivity contribution is -0.135. The van der Waals surface area contributed by atoms with Crippen molar-refractivity contribution < 1.29 is 19.1 Å². The summed E-state index contributed by atoms with van der Waals surface area (Å²) in [5, 5.41) is 16.5. The molecule has 9 nitrogen and oxygen atoms in total. The summed E-state index contributed by atoms with van der Waals surface area (Å²) in [5.74, 6) is -0.380. The van der Waals surface area contributed by atoms with Gasteiger partial charge in [-0.05, 0) is 55.8 Å². The molecule has 4 rings (SSSR count). The van der Waals surface area contributed by atoms with Crippen molar-refractivity contribution in [2.24, 2.45) is 0 Å². The Morgan fingerprint density at radius 2 is 1.74 bits per heavy atom. The Morgan fingerprint density at radius 1 is 1.09 bits per heavy atom. The number of aromatic nitrogens is 2. The van der Waals surface area contributed by atoms with Crippen LogP contribution < -0.4 is 20.4 Å². The van der Waals surface area contributed by atoms with Gasteiger partial charge in [-0.1, -0.05) is 12.1 Å². The van der Waals surface area contributed by atoms with Gasteiger partial charge in [0, 0.05) is 31.9 Å². The fraction of sp³-hybridized carbons (Fsp3) is 0.250. The van der Waals surface area contributed by atoms with Crippen LogP contribution in [-0.4, -0.2) is 46.7 Å². The predicted octanol–water partition coefficient (Wildman–Crippen LogP) is 2.91. The molecule has 0 saturated heterocycles. The summed E-state index contributed by atoms with van der Waals surface area (Å²) in [6.07, 6.45) is 0. The maximum atomic E-state index is 13.0. The van der Waals surface area contributed by atoms with E-state index in [0.717, 1.165) is 5.56 Å². The topological polar surface area (TPSA) is 111 Å². The minimum atomic E-state index is -1.71. The molecule has 0 aliphatic carbocycles. The first-order valence-electron chi connectivity index (χ1n) is 10.6. The van der Waals surface area contributed by atoms with Crippen LogP contribution >= 0.6 is 0 Å². The van der Waals surface area contributed by atoms with Crippen molar-refractivity contribution in [2.45, 2.75) is 26.1 Å². The van der Waals surface area contributed by atoms with Crippen LogP contribution in [0.25, 0.3) is 0 Å². The van der Waals surface area contributed by atoms with Crippen molar-refractivity contribution in [2.75, 3.05) is 34.5 Å². The molecule has 3 N–H and O–H groups in total. The van der Waals surface area contributed by atoms with Crippen LogP contribution in [0.2, 0.25) is 0 Å². The number of amides is 2. The summed E-state index contributed by atoms with van der Waals surface area (Å²) in [6.45, 7) is 3.62. The van der Waals surface area contributed by atoms with Crippen molar-refractivity contribution in [3.8, 4) is 0 Å². The molecule has 34 heavy (non-hydrogen) atoms. The summed E-state index contributed by atoms with van der Waals surface area (Å²) in [6, 6.07) is 12.6. The number of aliphatic hydroxyl groups is 1. The minimum absolute atomic E-state index is 0.327. The first kappa shape index (κ1) is 23.1. The van der Waals surface area contributed by atoms with Gasteiger partial charge >= 0.3 is 0 Å². The van der Waals surface area contributed by atoms with E-state index >= 15 is 0 Å². The molecule has 2 heterocycles. The number of aryl methyl sites for hydroxylation is 1. The van der Waals surface area contributed by atoms with E-state index in [1.54, 1.807) is 33.2 Å². The maximum absolute atomic E-state index is 13.0. The third kappa shape index (κ3) is 4.27. The third-order valence-electron chi connectivity index (χ3n) is 5.82. The van der Waals surface area contributed by atoms with E-state index in [0.29, 0.717) is 40.9 Å². The molecule has 1 atom stereocenters. The fourth-order valence-electron chi connectivity index (χ4n) is 3.72. The second kappa shape index (κ2) is 8.71. The monoisotopic (exact) mass is 464 g/mol. The lowest BCUT2D eigenvalue weighted by Crippen LogP contribution is -2.60. The summed E-state index contributed by atoms with van der Waals surface area (Å²) in [7, 11) is 3.20. The molecule has 0 bridgehead atoms. The van der Waals surface area contributed by atoms with Crippen LogP contribution in [0.1, 0.15) is 28.5 Å². The standard InChI is InChI=1S/C24H25FN6O3/c1-14-19-20(31(4)24(2,34)22(33)30(19)3)29-23(27-14)26-13-15-5-11-18(12-6-15)28-21(32)16-7-9-17(25)10-8-16/h5-12,34H,13H2,1-4H3,(H,28,32)(H,26,27,29)/t24-/m0/s1. The first-order chi connectivity index (χ1) is 16.1. The zero-order chi connectivity index (χ0) is 24.6. The van der Waals surface area contributed by atoms with Gasteiger partial charge in [0.1, 0.15) is 11.5 Å². The molecule has 0 radical (unpaired) electrons. The number of benzene rings is 2. The number of nitrogens with zero attached hydrogens (tertiary/aromatic N) is 4. The van der Waals surface area contributed by atoms with Crippen LogP contribution in [0.15, 0.2) is 48.5 Å². The summed E-state index contributed by atoms with van der Waals surface area (Å²) < 4.78 is 13.0. The van der Waals surface area contributed by atoms with Crippen molar-refractivity contribution >= 4 is 35.0 Å². The van der Waals surface area contributed by atoms with Gasteiger partial charge in [-0.25, -0.2) is 9.37 Å². The average Bonchev–Trinajstić information content (AvgIpc) is 2.81. The van der Waals surface area contributed by atoms with Gasteiger partial charge < -0.3 is 25.5 Å². The Bertz CT molecular complexity index is 1240. The molecular formula is C24H25FN6O3. The number of hydrogen-bond donors (Lipinski definition) is 3. The van der Waals surface area contributed by atoms with E-state index in [-0.39, 0.29) is 5.91 Å². The number of likely N-dealkylation sites (N-methyl/N-ethyl adjacent to an activating group) is 2. The zero-order valence-corrected chi connectivity index (χ0v) is 19.3. The fourth-order valence-corrected chi connectivity index (χ4v) is 3.72. The van der Waals surface area contributed by atoms with Crippen molar-refractivity contribution in [3.05, 3.63) is 71.2 Å². The highest BCUT2D eigenvalue weighted by atomic mass is 19.1. The Labute approximate surface area is 196 Å². The van der Waals surface area contributed by atoms with E-state index < -0.39 is 17.4 Å². The third-order valence-corrected chi connectivity index (χ3v) is 5.82. The number of rotatable bonds is 5. The number of carbonyl (C=O) groups is 2. The highest BCUT2D eigenvalue weighted by molar-refractivity contribution is 6.06. The summed E-state index contributed by atoms with van der Waals surface area (Å²) in [4.78, 5) is 36.5. The molecule has 176 valence electrons. The highest BCUT2D eigenvalue weighted by Crippen LogP contribution is 2.38.